The number of ether oxygens (including phenoxy) is 1. The summed E-state index contributed by atoms with van der Waals surface area (Å²) in [6.07, 6.45) is 7.03. The molecular formula is C14H21N5O. The highest BCUT2D eigenvalue weighted by molar-refractivity contribution is 5.72. The Kier molecular flexibility index (Phi) is 5.09. The van der Waals surface area contributed by atoms with Crippen LogP contribution in [0, 0.1) is 0 Å². The van der Waals surface area contributed by atoms with Crippen molar-refractivity contribution in [1.29, 1.82) is 0 Å². The molecule has 0 saturated heterocycles. The third-order valence-corrected chi connectivity index (χ3v) is 3.00. The lowest BCUT2D eigenvalue weighted by Crippen LogP contribution is -2.19. The van der Waals surface area contributed by atoms with E-state index in [1.807, 2.05) is 18.7 Å². The van der Waals surface area contributed by atoms with Gasteiger partial charge in [-0.25, -0.2) is 4.98 Å². The van der Waals surface area contributed by atoms with Crippen molar-refractivity contribution in [3.05, 3.63) is 31.0 Å². The molecule has 0 saturated carbocycles. The van der Waals surface area contributed by atoms with Crippen LogP contribution in [0.5, 0.6) is 0 Å². The summed E-state index contributed by atoms with van der Waals surface area (Å²) in [7, 11) is 4.06. The predicted molar refractivity (Wildman–Crippen MR) is 79.2 cm³/mol. The van der Waals surface area contributed by atoms with Gasteiger partial charge >= 0.3 is 0 Å². The number of nitrogens with zero attached hydrogens (tertiary/aromatic N) is 4. The monoisotopic (exact) mass is 275 g/mol. The van der Waals surface area contributed by atoms with Gasteiger partial charge in [0.2, 0.25) is 0 Å². The molecule has 0 radical (unpaired) electrons. The van der Waals surface area contributed by atoms with Gasteiger partial charge in [-0.3, -0.25) is 4.98 Å². The maximum Gasteiger partial charge on any atom is 0.0951 e. The van der Waals surface area contributed by atoms with Crippen molar-refractivity contribution in [1.82, 2.24) is 19.4 Å². The molecule has 20 heavy (non-hydrogen) atoms. The average molecular weight is 275 g/mol. The third-order valence-electron chi connectivity index (χ3n) is 3.00. The smallest absolute Gasteiger partial charge is 0.0951 e. The van der Waals surface area contributed by atoms with Crippen molar-refractivity contribution in [3.8, 4) is 11.3 Å². The molecule has 0 fully saturated rings. The summed E-state index contributed by atoms with van der Waals surface area (Å²) in [6, 6.07) is 1.79. The Labute approximate surface area is 119 Å². The highest BCUT2D eigenvalue weighted by Crippen LogP contribution is 2.23. The minimum atomic E-state index is 0.650. The Hall–Kier alpha value is -1.92. The second kappa shape index (κ2) is 7.02. The number of anilines is 1. The number of nitrogen functional groups attached to an aromatic ring is 1. The van der Waals surface area contributed by atoms with Crippen LogP contribution < -0.4 is 5.73 Å². The van der Waals surface area contributed by atoms with Crippen LogP contribution in [0.25, 0.3) is 11.3 Å². The fourth-order valence-electron chi connectivity index (χ4n) is 1.85. The van der Waals surface area contributed by atoms with E-state index >= 15 is 0 Å². The van der Waals surface area contributed by atoms with Crippen LogP contribution >= 0.6 is 0 Å². The molecular weight excluding hydrogens is 254 g/mol. The third kappa shape index (κ3) is 3.79. The van der Waals surface area contributed by atoms with Gasteiger partial charge in [0.1, 0.15) is 0 Å². The standard InChI is InChI=1S/C14H21N5O/c1-18(2)5-7-20-8-6-19-11-17-10-14(19)12-9-16-4-3-13(12)15/h3-4,9-11H,5-8H2,1-2H3,(H2,15,16). The van der Waals surface area contributed by atoms with Gasteiger partial charge in [0.05, 0.1) is 31.4 Å². The van der Waals surface area contributed by atoms with Gasteiger partial charge in [-0.05, 0) is 20.2 Å². The summed E-state index contributed by atoms with van der Waals surface area (Å²) in [5.41, 5.74) is 8.54. The maximum atomic E-state index is 5.97. The molecule has 0 aliphatic carbocycles. The van der Waals surface area contributed by atoms with Gasteiger partial charge in [-0.1, -0.05) is 0 Å². The van der Waals surface area contributed by atoms with E-state index in [1.165, 1.54) is 0 Å². The van der Waals surface area contributed by atoms with Crippen molar-refractivity contribution in [3.63, 3.8) is 0 Å². The second-order valence-corrected chi connectivity index (χ2v) is 4.85. The Morgan fingerprint density at radius 3 is 2.85 bits per heavy atom. The molecule has 0 aliphatic heterocycles. The minimum absolute atomic E-state index is 0.650. The SMILES string of the molecule is CN(C)CCOCCn1cncc1-c1cnccc1N. The zero-order chi connectivity index (χ0) is 14.4. The zero-order valence-corrected chi connectivity index (χ0v) is 12.0. The molecule has 6 nitrogen and oxygen atoms in total. The first kappa shape index (κ1) is 14.5. The van der Waals surface area contributed by atoms with Gasteiger partial charge in [-0.15, -0.1) is 0 Å². The summed E-state index contributed by atoms with van der Waals surface area (Å²) < 4.78 is 7.63. The lowest BCUT2D eigenvalue weighted by molar-refractivity contribution is 0.111. The number of likely N-dealkylation sites (N-methyl/N-ethyl adjacent to an activating group) is 1. The quantitative estimate of drug-likeness (QED) is 0.766. The average Bonchev–Trinajstić information content (AvgIpc) is 2.87. The molecule has 2 aromatic heterocycles. The predicted octanol–water partition coefficient (Wildman–Crippen LogP) is 1.11. The van der Waals surface area contributed by atoms with E-state index in [4.69, 9.17) is 10.5 Å². The van der Waals surface area contributed by atoms with E-state index in [-0.39, 0.29) is 0 Å². The number of hydrogen-bond acceptors (Lipinski definition) is 5. The number of pyridine rings is 1. The molecule has 2 N–H and O–H groups in total. The van der Waals surface area contributed by atoms with Gasteiger partial charge in [-0.2, -0.15) is 0 Å². The molecule has 0 bridgehead atoms. The molecule has 0 unspecified atom stereocenters. The number of aromatic nitrogens is 3. The fourth-order valence-corrected chi connectivity index (χ4v) is 1.85. The molecule has 0 spiro atoms. The minimum Gasteiger partial charge on any atom is -0.398 e. The molecule has 0 aliphatic rings. The Morgan fingerprint density at radius 1 is 1.25 bits per heavy atom. The van der Waals surface area contributed by atoms with Crippen molar-refractivity contribution >= 4 is 5.69 Å². The highest BCUT2D eigenvalue weighted by Gasteiger charge is 2.08. The van der Waals surface area contributed by atoms with E-state index in [2.05, 4.69) is 14.9 Å². The van der Waals surface area contributed by atoms with E-state index < -0.39 is 0 Å². The van der Waals surface area contributed by atoms with Crippen molar-refractivity contribution in [2.24, 2.45) is 0 Å². The molecule has 0 atom stereocenters. The summed E-state index contributed by atoms with van der Waals surface area (Å²) in [6.45, 7) is 3.05. The number of rotatable bonds is 7. The number of hydrogen-bond donors (Lipinski definition) is 1. The molecule has 0 amide bonds. The maximum absolute atomic E-state index is 5.97. The number of nitrogens with two attached hydrogens (primary N) is 1. The van der Waals surface area contributed by atoms with Gasteiger partial charge in [0.25, 0.3) is 0 Å². The zero-order valence-electron chi connectivity index (χ0n) is 12.0. The van der Waals surface area contributed by atoms with Crippen LogP contribution in [0.4, 0.5) is 5.69 Å². The largest absolute Gasteiger partial charge is 0.398 e. The molecule has 2 heterocycles. The van der Waals surface area contributed by atoms with Crippen LogP contribution in [-0.2, 0) is 11.3 Å². The highest BCUT2D eigenvalue weighted by atomic mass is 16.5. The summed E-state index contributed by atoms with van der Waals surface area (Å²) in [5, 5.41) is 0. The van der Waals surface area contributed by atoms with Gasteiger partial charge in [0.15, 0.2) is 0 Å². The van der Waals surface area contributed by atoms with Crippen LogP contribution in [0.15, 0.2) is 31.0 Å². The summed E-state index contributed by atoms with van der Waals surface area (Å²) in [4.78, 5) is 10.4. The molecule has 6 heteroatoms. The van der Waals surface area contributed by atoms with Crippen molar-refractivity contribution in [2.75, 3.05) is 39.6 Å². The van der Waals surface area contributed by atoms with E-state index in [0.717, 1.165) is 31.0 Å². The normalized spacial score (nSPS) is 11.2. The topological polar surface area (TPSA) is 69.2 Å². The Morgan fingerprint density at radius 2 is 2.10 bits per heavy atom. The van der Waals surface area contributed by atoms with Crippen molar-refractivity contribution in [2.45, 2.75) is 6.54 Å². The van der Waals surface area contributed by atoms with Crippen LogP contribution in [0.3, 0.4) is 0 Å². The van der Waals surface area contributed by atoms with Crippen LogP contribution in [0.1, 0.15) is 0 Å². The second-order valence-electron chi connectivity index (χ2n) is 4.85. The Balaban J connectivity index is 1.94. The molecule has 2 aromatic rings. The molecule has 0 aromatic carbocycles. The first-order valence-electron chi connectivity index (χ1n) is 6.61. The lowest BCUT2D eigenvalue weighted by atomic mass is 10.2. The first-order chi connectivity index (χ1) is 9.68. The summed E-state index contributed by atoms with van der Waals surface area (Å²) in [5.74, 6) is 0. The fraction of sp³-hybridized carbons (Fsp3) is 0.429. The molecule has 2 rings (SSSR count). The van der Waals surface area contributed by atoms with Crippen molar-refractivity contribution < 1.29 is 4.74 Å². The van der Waals surface area contributed by atoms with Gasteiger partial charge in [0, 0.05) is 36.7 Å². The Bertz CT molecular complexity index is 538. The lowest BCUT2D eigenvalue weighted by Gasteiger charge is -2.12. The van der Waals surface area contributed by atoms with E-state index in [9.17, 15) is 0 Å². The molecule has 108 valence electrons. The van der Waals surface area contributed by atoms with Crippen LogP contribution in [-0.4, -0.2) is 53.3 Å². The van der Waals surface area contributed by atoms with Crippen LogP contribution in [0.2, 0.25) is 0 Å². The van der Waals surface area contributed by atoms with Gasteiger partial charge < -0.3 is 19.9 Å². The van der Waals surface area contributed by atoms with E-state index in [0.29, 0.717) is 12.3 Å². The van der Waals surface area contributed by atoms with E-state index in [1.54, 1.807) is 31.0 Å². The number of imidazole rings is 1. The first-order valence-corrected chi connectivity index (χ1v) is 6.61. The summed E-state index contributed by atoms with van der Waals surface area (Å²) >= 11 is 0.